The van der Waals surface area contributed by atoms with Gasteiger partial charge in [-0.1, -0.05) is 0 Å². The lowest BCUT2D eigenvalue weighted by molar-refractivity contribution is 0.190. The highest BCUT2D eigenvalue weighted by molar-refractivity contribution is 7.91. The normalized spacial score (nSPS) is 26.7. The molecule has 1 fully saturated rings. The number of aliphatic hydroxyl groups excluding tert-OH is 1. The molecular weight excluding hydrogens is 242 g/mol. The van der Waals surface area contributed by atoms with Gasteiger partial charge in [-0.3, -0.25) is 0 Å². The summed E-state index contributed by atoms with van der Waals surface area (Å²) in [4.78, 5) is 0. The SMILES string of the molecule is COc1ccc(N[C@H]2CS(=O)(=O)C[C@H]2O)cc1. The highest BCUT2D eigenvalue weighted by atomic mass is 32.2. The standard InChI is InChI=1S/C11H15NO4S/c1-16-9-4-2-8(3-5-9)12-10-6-17(14,15)7-11(10)13/h2-5,10-13H,6-7H2,1H3/t10-,11+/m0/s1. The molecule has 1 heterocycles. The van der Waals surface area contributed by atoms with E-state index in [0.29, 0.717) is 0 Å². The first kappa shape index (κ1) is 12.2. The second-order valence-corrected chi connectivity index (χ2v) is 6.28. The quantitative estimate of drug-likeness (QED) is 0.812. The Morgan fingerprint density at radius 3 is 2.41 bits per heavy atom. The summed E-state index contributed by atoms with van der Waals surface area (Å²) < 4.78 is 27.7. The summed E-state index contributed by atoms with van der Waals surface area (Å²) in [6, 6.07) is 6.69. The van der Waals surface area contributed by atoms with Crippen LogP contribution < -0.4 is 10.1 Å². The molecular formula is C11H15NO4S. The van der Waals surface area contributed by atoms with Crippen LogP contribution in [0.1, 0.15) is 0 Å². The first-order chi connectivity index (χ1) is 8.00. The van der Waals surface area contributed by atoms with Gasteiger partial charge in [-0.2, -0.15) is 0 Å². The largest absolute Gasteiger partial charge is 0.497 e. The molecule has 17 heavy (non-hydrogen) atoms. The van der Waals surface area contributed by atoms with Gasteiger partial charge in [0.05, 0.1) is 30.8 Å². The van der Waals surface area contributed by atoms with E-state index in [-0.39, 0.29) is 11.5 Å². The number of anilines is 1. The Bertz CT molecular complexity index is 483. The van der Waals surface area contributed by atoms with Gasteiger partial charge >= 0.3 is 0 Å². The molecule has 94 valence electrons. The first-order valence-corrected chi connectivity index (χ1v) is 7.11. The van der Waals surface area contributed by atoms with Gasteiger partial charge < -0.3 is 15.2 Å². The number of methoxy groups -OCH3 is 1. The van der Waals surface area contributed by atoms with Gasteiger partial charge in [-0.25, -0.2) is 8.42 Å². The average molecular weight is 257 g/mol. The van der Waals surface area contributed by atoms with Crippen LogP contribution in [0.4, 0.5) is 5.69 Å². The Morgan fingerprint density at radius 2 is 1.94 bits per heavy atom. The number of hydrogen-bond acceptors (Lipinski definition) is 5. The average Bonchev–Trinajstić information content (AvgIpc) is 2.53. The van der Waals surface area contributed by atoms with Crippen molar-refractivity contribution in [3.8, 4) is 5.75 Å². The molecule has 0 amide bonds. The molecule has 0 aliphatic carbocycles. The minimum Gasteiger partial charge on any atom is -0.497 e. The van der Waals surface area contributed by atoms with E-state index in [1.165, 1.54) is 0 Å². The third-order valence-corrected chi connectivity index (χ3v) is 4.48. The highest BCUT2D eigenvalue weighted by Gasteiger charge is 2.36. The van der Waals surface area contributed by atoms with Crippen molar-refractivity contribution >= 4 is 15.5 Å². The molecule has 0 saturated carbocycles. The molecule has 1 aliphatic heterocycles. The maximum absolute atomic E-state index is 11.3. The highest BCUT2D eigenvalue weighted by Crippen LogP contribution is 2.20. The number of hydrogen-bond donors (Lipinski definition) is 2. The van der Waals surface area contributed by atoms with E-state index < -0.39 is 22.0 Å². The van der Waals surface area contributed by atoms with E-state index in [9.17, 15) is 13.5 Å². The van der Waals surface area contributed by atoms with Gasteiger partial charge in [0.2, 0.25) is 0 Å². The van der Waals surface area contributed by atoms with Crippen molar-refractivity contribution in [2.24, 2.45) is 0 Å². The van der Waals surface area contributed by atoms with E-state index in [2.05, 4.69) is 5.32 Å². The molecule has 6 heteroatoms. The number of benzene rings is 1. The molecule has 0 bridgehead atoms. The predicted octanol–water partition coefficient (Wildman–Crippen LogP) is 0.265. The van der Waals surface area contributed by atoms with Gasteiger partial charge in [-0.15, -0.1) is 0 Å². The van der Waals surface area contributed by atoms with Gasteiger partial charge in [0.1, 0.15) is 5.75 Å². The van der Waals surface area contributed by atoms with E-state index >= 15 is 0 Å². The molecule has 0 unspecified atom stereocenters. The van der Waals surface area contributed by atoms with Crippen molar-refractivity contribution in [2.45, 2.75) is 12.1 Å². The lowest BCUT2D eigenvalue weighted by Crippen LogP contribution is -2.31. The maximum Gasteiger partial charge on any atom is 0.155 e. The van der Waals surface area contributed by atoms with E-state index in [1.807, 2.05) is 0 Å². The Morgan fingerprint density at radius 1 is 1.29 bits per heavy atom. The fourth-order valence-electron chi connectivity index (χ4n) is 1.87. The number of nitrogens with one attached hydrogen (secondary N) is 1. The molecule has 1 aromatic carbocycles. The summed E-state index contributed by atoms with van der Waals surface area (Å²) in [6.45, 7) is 0. The Kier molecular flexibility index (Phi) is 3.26. The molecule has 5 nitrogen and oxygen atoms in total. The number of ether oxygens (including phenoxy) is 1. The topological polar surface area (TPSA) is 75.6 Å². The van der Waals surface area contributed by atoms with Gasteiger partial charge in [-0.05, 0) is 24.3 Å². The lowest BCUT2D eigenvalue weighted by Gasteiger charge is -2.16. The van der Waals surface area contributed by atoms with E-state index in [0.717, 1.165) is 11.4 Å². The molecule has 0 aromatic heterocycles. The number of sulfone groups is 1. The van der Waals surface area contributed by atoms with Gasteiger partial charge in [0.15, 0.2) is 9.84 Å². The maximum atomic E-state index is 11.3. The third-order valence-electron chi connectivity index (χ3n) is 2.76. The van der Waals surface area contributed by atoms with Crippen LogP contribution in [0, 0.1) is 0 Å². The summed E-state index contributed by atoms with van der Waals surface area (Å²) in [7, 11) is -1.54. The summed E-state index contributed by atoms with van der Waals surface area (Å²) in [6.07, 6.45) is -0.845. The monoisotopic (exact) mass is 257 g/mol. The van der Waals surface area contributed by atoms with Crippen molar-refractivity contribution in [2.75, 3.05) is 23.9 Å². The van der Waals surface area contributed by atoms with Crippen LogP contribution in [0.3, 0.4) is 0 Å². The first-order valence-electron chi connectivity index (χ1n) is 5.29. The van der Waals surface area contributed by atoms with Crippen molar-refractivity contribution in [1.82, 2.24) is 0 Å². The second kappa shape index (κ2) is 4.54. The molecule has 1 saturated heterocycles. The van der Waals surface area contributed by atoms with Crippen LogP contribution in [0.2, 0.25) is 0 Å². The Labute approximate surface area is 100 Å². The zero-order chi connectivity index (χ0) is 12.5. The molecule has 2 atom stereocenters. The fraction of sp³-hybridized carbons (Fsp3) is 0.455. The van der Waals surface area contributed by atoms with E-state index in [4.69, 9.17) is 4.74 Å². The predicted molar refractivity (Wildman–Crippen MR) is 65.1 cm³/mol. The summed E-state index contributed by atoms with van der Waals surface area (Å²) in [5, 5.41) is 12.6. The third kappa shape index (κ3) is 2.89. The van der Waals surface area contributed by atoms with Crippen LogP contribution >= 0.6 is 0 Å². The molecule has 1 aliphatic rings. The number of aliphatic hydroxyl groups is 1. The summed E-state index contributed by atoms with van der Waals surface area (Å²) in [5.74, 6) is 0.538. The molecule has 2 rings (SSSR count). The Hall–Kier alpha value is -1.27. The zero-order valence-electron chi connectivity index (χ0n) is 9.46. The summed E-state index contributed by atoms with van der Waals surface area (Å²) in [5.41, 5.74) is 0.770. The zero-order valence-corrected chi connectivity index (χ0v) is 10.3. The van der Waals surface area contributed by atoms with E-state index in [1.54, 1.807) is 31.4 Å². The molecule has 0 spiro atoms. The van der Waals surface area contributed by atoms with Crippen LogP contribution in [-0.2, 0) is 9.84 Å². The Balaban J connectivity index is 2.06. The van der Waals surface area contributed by atoms with Gasteiger partial charge in [0, 0.05) is 5.69 Å². The smallest absolute Gasteiger partial charge is 0.155 e. The minimum atomic E-state index is -3.11. The fourth-order valence-corrected chi connectivity index (χ4v) is 3.61. The van der Waals surface area contributed by atoms with Crippen LogP contribution in [-0.4, -0.2) is 44.3 Å². The minimum absolute atomic E-state index is 0.0276. The van der Waals surface area contributed by atoms with Crippen LogP contribution in [0.5, 0.6) is 5.75 Å². The second-order valence-electron chi connectivity index (χ2n) is 4.12. The van der Waals surface area contributed by atoms with Crippen LogP contribution in [0.15, 0.2) is 24.3 Å². The van der Waals surface area contributed by atoms with Crippen molar-refractivity contribution in [1.29, 1.82) is 0 Å². The summed E-state index contributed by atoms with van der Waals surface area (Å²) >= 11 is 0. The molecule has 0 radical (unpaired) electrons. The van der Waals surface area contributed by atoms with Gasteiger partial charge in [0.25, 0.3) is 0 Å². The lowest BCUT2D eigenvalue weighted by atomic mass is 10.2. The van der Waals surface area contributed by atoms with Crippen LogP contribution in [0.25, 0.3) is 0 Å². The molecule has 2 N–H and O–H groups in total. The van der Waals surface area contributed by atoms with Crippen molar-refractivity contribution < 1.29 is 18.3 Å². The van der Waals surface area contributed by atoms with Crippen molar-refractivity contribution in [3.05, 3.63) is 24.3 Å². The number of rotatable bonds is 3. The van der Waals surface area contributed by atoms with Crippen molar-refractivity contribution in [3.63, 3.8) is 0 Å². The molecule has 1 aromatic rings.